The van der Waals surface area contributed by atoms with Gasteiger partial charge in [0.2, 0.25) is 0 Å². The summed E-state index contributed by atoms with van der Waals surface area (Å²) in [5.74, 6) is 0.0370. The maximum atomic E-state index is 11.6. The second-order valence-electron chi connectivity index (χ2n) is 6.40. The van der Waals surface area contributed by atoms with Gasteiger partial charge < -0.3 is 5.11 Å². The number of aliphatic carboxylic acids is 1. The molecule has 0 aromatic rings. The molecule has 0 spiro atoms. The molecule has 3 heteroatoms. The van der Waals surface area contributed by atoms with Crippen molar-refractivity contribution in [2.24, 2.45) is 11.8 Å². The van der Waals surface area contributed by atoms with Gasteiger partial charge >= 0.3 is 5.97 Å². The molecule has 0 amide bonds. The van der Waals surface area contributed by atoms with Crippen LogP contribution in [0.2, 0.25) is 0 Å². The lowest BCUT2D eigenvalue weighted by Gasteiger charge is -2.46. The predicted molar refractivity (Wildman–Crippen MR) is 77.2 cm³/mol. The van der Waals surface area contributed by atoms with Crippen molar-refractivity contribution < 1.29 is 9.90 Å². The fourth-order valence-electron chi connectivity index (χ4n) is 4.15. The van der Waals surface area contributed by atoms with E-state index in [9.17, 15) is 9.90 Å². The summed E-state index contributed by atoms with van der Waals surface area (Å²) in [5, 5.41) is 9.53. The molecule has 1 saturated heterocycles. The van der Waals surface area contributed by atoms with Gasteiger partial charge in [-0.3, -0.25) is 9.69 Å². The van der Waals surface area contributed by atoms with Crippen molar-refractivity contribution in [2.45, 2.75) is 77.3 Å². The normalized spacial score (nSPS) is 37.2. The van der Waals surface area contributed by atoms with E-state index in [0.29, 0.717) is 12.1 Å². The van der Waals surface area contributed by atoms with Gasteiger partial charge in [-0.1, -0.05) is 26.7 Å². The van der Waals surface area contributed by atoms with Gasteiger partial charge in [0.15, 0.2) is 0 Å². The van der Waals surface area contributed by atoms with E-state index < -0.39 is 5.97 Å². The van der Waals surface area contributed by atoms with Crippen LogP contribution in [0.4, 0.5) is 0 Å². The van der Waals surface area contributed by atoms with Crippen molar-refractivity contribution in [1.29, 1.82) is 0 Å². The summed E-state index contributed by atoms with van der Waals surface area (Å²) >= 11 is 0. The minimum Gasteiger partial charge on any atom is -0.481 e. The van der Waals surface area contributed by atoms with Crippen LogP contribution in [-0.4, -0.2) is 34.6 Å². The van der Waals surface area contributed by atoms with Crippen LogP contribution in [-0.2, 0) is 4.79 Å². The minimum absolute atomic E-state index is 0.130. The number of piperidine rings is 1. The lowest BCUT2D eigenvalue weighted by molar-refractivity contribution is -0.147. The van der Waals surface area contributed by atoms with E-state index in [4.69, 9.17) is 0 Å². The van der Waals surface area contributed by atoms with Crippen molar-refractivity contribution in [2.75, 3.05) is 6.54 Å². The minimum atomic E-state index is -0.569. The molecule has 1 aliphatic carbocycles. The number of carboxylic acid groups (broad SMARTS) is 1. The van der Waals surface area contributed by atoms with E-state index in [-0.39, 0.29) is 5.92 Å². The average molecular weight is 267 g/mol. The summed E-state index contributed by atoms with van der Waals surface area (Å²) < 4.78 is 0. The van der Waals surface area contributed by atoms with Gasteiger partial charge in [0.05, 0.1) is 5.92 Å². The first-order valence-electron chi connectivity index (χ1n) is 8.15. The van der Waals surface area contributed by atoms with Crippen molar-refractivity contribution >= 4 is 5.97 Å². The topological polar surface area (TPSA) is 40.5 Å². The maximum absolute atomic E-state index is 11.6. The Hall–Kier alpha value is -0.570. The molecule has 2 aliphatic rings. The van der Waals surface area contributed by atoms with Crippen LogP contribution in [0.15, 0.2) is 0 Å². The summed E-state index contributed by atoms with van der Waals surface area (Å²) in [7, 11) is 0. The Morgan fingerprint density at radius 1 is 1.16 bits per heavy atom. The Balaban J connectivity index is 2.12. The Bertz CT molecular complexity index is 305. The smallest absolute Gasteiger partial charge is 0.308 e. The van der Waals surface area contributed by atoms with E-state index in [1.54, 1.807) is 0 Å². The van der Waals surface area contributed by atoms with Crippen molar-refractivity contribution in [1.82, 2.24) is 4.90 Å². The molecule has 0 aromatic heterocycles. The fourth-order valence-corrected chi connectivity index (χ4v) is 4.15. The molecule has 1 aliphatic heterocycles. The Labute approximate surface area is 117 Å². The van der Waals surface area contributed by atoms with Gasteiger partial charge in [0.1, 0.15) is 0 Å². The predicted octanol–water partition coefficient (Wildman–Crippen LogP) is 3.53. The van der Waals surface area contributed by atoms with E-state index >= 15 is 0 Å². The SMILES string of the molecule is CCC1CCC(C(=O)O)C(N2CCCCC2CC)C1. The van der Waals surface area contributed by atoms with E-state index in [1.165, 1.54) is 32.1 Å². The number of rotatable bonds is 4. The van der Waals surface area contributed by atoms with Gasteiger partial charge in [-0.2, -0.15) is 0 Å². The van der Waals surface area contributed by atoms with Crippen LogP contribution >= 0.6 is 0 Å². The Morgan fingerprint density at radius 2 is 1.95 bits per heavy atom. The monoisotopic (exact) mass is 267 g/mol. The van der Waals surface area contributed by atoms with Gasteiger partial charge in [0.25, 0.3) is 0 Å². The number of carboxylic acids is 1. The first-order valence-corrected chi connectivity index (χ1v) is 8.15. The summed E-state index contributed by atoms with van der Waals surface area (Å²) in [5.41, 5.74) is 0. The van der Waals surface area contributed by atoms with Crippen molar-refractivity contribution in [3.63, 3.8) is 0 Å². The van der Waals surface area contributed by atoms with Crippen LogP contribution in [0.5, 0.6) is 0 Å². The van der Waals surface area contributed by atoms with E-state index in [1.807, 2.05) is 0 Å². The van der Waals surface area contributed by atoms with Gasteiger partial charge in [-0.05, 0) is 51.0 Å². The standard InChI is InChI=1S/C16H29NO2/c1-3-12-8-9-14(16(18)19)15(11-12)17-10-6-5-7-13(17)4-2/h12-15H,3-11H2,1-2H3,(H,18,19). The van der Waals surface area contributed by atoms with Crippen LogP contribution in [0.25, 0.3) is 0 Å². The van der Waals surface area contributed by atoms with Crippen LogP contribution < -0.4 is 0 Å². The third-order valence-corrected chi connectivity index (χ3v) is 5.39. The van der Waals surface area contributed by atoms with Crippen molar-refractivity contribution in [3.8, 4) is 0 Å². The molecular formula is C16H29NO2. The lowest BCUT2D eigenvalue weighted by atomic mass is 9.75. The second-order valence-corrected chi connectivity index (χ2v) is 6.40. The van der Waals surface area contributed by atoms with Crippen LogP contribution in [0.1, 0.15) is 65.2 Å². The molecule has 2 rings (SSSR count). The van der Waals surface area contributed by atoms with Gasteiger partial charge in [-0.15, -0.1) is 0 Å². The molecule has 0 bridgehead atoms. The Morgan fingerprint density at radius 3 is 2.58 bits per heavy atom. The Kier molecular flexibility index (Phi) is 5.26. The lowest BCUT2D eigenvalue weighted by Crippen LogP contribution is -2.53. The van der Waals surface area contributed by atoms with Gasteiger partial charge in [-0.25, -0.2) is 0 Å². The first-order chi connectivity index (χ1) is 9.17. The highest BCUT2D eigenvalue weighted by Crippen LogP contribution is 2.37. The number of likely N-dealkylation sites (tertiary alicyclic amines) is 1. The highest BCUT2D eigenvalue weighted by atomic mass is 16.4. The molecule has 0 aromatic carbocycles. The summed E-state index contributed by atoms with van der Waals surface area (Å²) in [4.78, 5) is 14.1. The highest BCUT2D eigenvalue weighted by molar-refractivity contribution is 5.71. The zero-order valence-corrected chi connectivity index (χ0v) is 12.5. The maximum Gasteiger partial charge on any atom is 0.308 e. The van der Waals surface area contributed by atoms with Crippen molar-refractivity contribution in [3.05, 3.63) is 0 Å². The summed E-state index contributed by atoms with van der Waals surface area (Å²) in [6, 6.07) is 0.914. The molecule has 1 N–H and O–H groups in total. The number of nitrogens with zero attached hydrogens (tertiary/aromatic N) is 1. The first kappa shape index (κ1) is 14.8. The highest BCUT2D eigenvalue weighted by Gasteiger charge is 2.40. The second kappa shape index (κ2) is 6.74. The fraction of sp³-hybridized carbons (Fsp3) is 0.938. The number of hydrogen-bond donors (Lipinski definition) is 1. The molecule has 4 atom stereocenters. The molecule has 2 fully saturated rings. The van der Waals surface area contributed by atoms with Gasteiger partial charge in [0, 0.05) is 12.1 Å². The van der Waals surface area contributed by atoms with Crippen LogP contribution in [0, 0.1) is 11.8 Å². The summed E-state index contributed by atoms with van der Waals surface area (Å²) in [6.07, 6.45) is 9.28. The quantitative estimate of drug-likeness (QED) is 0.847. The molecule has 1 saturated carbocycles. The number of carbonyl (C=O) groups is 1. The molecule has 110 valence electrons. The number of hydrogen-bond acceptors (Lipinski definition) is 2. The largest absolute Gasteiger partial charge is 0.481 e. The molecule has 4 unspecified atom stereocenters. The van der Waals surface area contributed by atoms with E-state index in [2.05, 4.69) is 18.7 Å². The third kappa shape index (κ3) is 3.31. The zero-order valence-electron chi connectivity index (χ0n) is 12.5. The molecule has 1 heterocycles. The van der Waals surface area contributed by atoms with E-state index in [0.717, 1.165) is 31.7 Å². The third-order valence-electron chi connectivity index (χ3n) is 5.39. The molecule has 3 nitrogen and oxygen atoms in total. The summed E-state index contributed by atoms with van der Waals surface area (Å²) in [6.45, 7) is 5.61. The zero-order chi connectivity index (χ0) is 13.8. The molecule has 19 heavy (non-hydrogen) atoms. The average Bonchev–Trinajstić information content (AvgIpc) is 2.46. The molecular weight excluding hydrogens is 238 g/mol. The molecule has 0 radical (unpaired) electrons. The van der Waals surface area contributed by atoms with Crippen LogP contribution in [0.3, 0.4) is 0 Å².